The monoisotopic (exact) mass is 269 g/mol. The number of hydrogen-bond acceptors (Lipinski definition) is 2. The summed E-state index contributed by atoms with van der Waals surface area (Å²) >= 11 is 0. The predicted molar refractivity (Wildman–Crippen MR) is 79.1 cm³/mol. The summed E-state index contributed by atoms with van der Waals surface area (Å²) < 4.78 is 0. The minimum atomic E-state index is -0.883. The summed E-state index contributed by atoms with van der Waals surface area (Å²) in [6.45, 7) is 4.27. The normalized spacial score (nSPS) is 30.5. The van der Waals surface area contributed by atoms with Crippen LogP contribution in [-0.2, 0) is 12.8 Å². The van der Waals surface area contributed by atoms with E-state index in [1.807, 2.05) is 12.1 Å². The Bertz CT molecular complexity index is 544. The number of hydrogen-bond donors (Lipinski definition) is 1. The number of nitrogens with zero attached hydrogens (tertiary/aromatic N) is 1. The summed E-state index contributed by atoms with van der Waals surface area (Å²) in [5, 5.41) is 21.4. The molecule has 2 nitrogen and oxygen atoms in total. The van der Waals surface area contributed by atoms with Gasteiger partial charge < -0.3 is 5.11 Å². The highest BCUT2D eigenvalue weighted by Gasteiger charge is 2.61. The molecule has 1 aromatic rings. The zero-order valence-corrected chi connectivity index (χ0v) is 12.4. The second-order valence-electron chi connectivity index (χ2n) is 7.27. The van der Waals surface area contributed by atoms with Crippen molar-refractivity contribution in [1.82, 2.24) is 0 Å². The molecule has 1 unspecified atom stereocenters. The molecule has 0 saturated heterocycles. The third kappa shape index (κ3) is 1.66. The zero-order chi connectivity index (χ0) is 14.4. The minimum absolute atomic E-state index is 0.191. The second kappa shape index (κ2) is 4.33. The third-order valence-corrected chi connectivity index (χ3v) is 5.82. The number of fused-ring (bicyclic) bond motifs is 1. The molecule has 0 bridgehead atoms. The van der Waals surface area contributed by atoms with E-state index in [1.54, 1.807) is 0 Å². The predicted octanol–water partition coefficient (Wildman–Crippen LogP) is 3.63. The van der Waals surface area contributed by atoms with Crippen LogP contribution in [0.25, 0.3) is 0 Å². The van der Waals surface area contributed by atoms with Gasteiger partial charge in [0.15, 0.2) is 0 Å². The first-order valence-corrected chi connectivity index (χ1v) is 7.65. The van der Waals surface area contributed by atoms with E-state index in [0.29, 0.717) is 12.8 Å². The van der Waals surface area contributed by atoms with Crippen LogP contribution in [0.15, 0.2) is 24.3 Å². The Morgan fingerprint density at radius 3 is 2.10 bits per heavy atom. The lowest BCUT2D eigenvalue weighted by Gasteiger charge is -2.53. The summed E-state index contributed by atoms with van der Waals surface area (Å²) in [4.78, 5) is 0. The highest BCUT2D eigenvalue weighted by molar-refractivity contribution is 5.40. The average Bonchev–Trinajstić information content (AvgIpc) is 2.82. The summed E-state index contributed by atoms with van der Waals surface area (Å²) in [6, 6.07) is 10.8. The molecule has 0 spiro atoms. The van der Waals surface area contributed by atoms with E-state index in [0.717, 1.165) is 25.7 Å². The van der Waals surface area contributed by atoms with Crippen LogP contribution in [0.1, 0.15) is 50.7 Å². The first kappa shape index (κ1) is 13.6. The first-order chi connectivity index (χ1) is 9.44. The van der Waals surface area contributed by atoms with Gasteiger partial charge in [0, 0.05) is 0 Å². The summed E-state index contributed by atoms with van der Waals surface area (Å²) in [5.74, 6) is 0. The summed E-state index contributed by atoms with van der Waals surface area (Å²) in [6.07, 6.45) is 5.33. The van der Waals surface area contributed by atoms with Gasteiger partial charge in [0.1, 0.15) is 0 Å². The van der Waals surface area contributed by atoms with E-state index >= 15 is 0 Å². The van der Waals surface area contributed by atoms with Gasteiger partial charge in [-0.2, -0.15) is 5.26 Å². The van der Waals surface area contributed by atoms with Gasteiger partial charge in [-0.15, -0.1) is 0 Å². The molecule has 2 aliphatic rings. The molecule has 1 saturated carbocycles. The Kier molecular flexibility index (Phi) is 2.95. The van der Waals surface area contributed by atoms with Gasteiger partial charge in [0.25, 0.3) is 0 Å². The maximum atomic E-state index is 11.5. The Hall–Kier alpha value is -1.33. The fraction of sp³-hybridized carbons (Fsp3) is 0.611. The van der Waals surface area contributed by atoms with E-state index in [2.05, 4.69) is 32.0 Å². The quantitative estimate of drug-likeness (QED) is 0.846. The molecule has 0 aromatic heterocycles. The van der Waals surface area contributed by atoms with Crippen molar-refractivity contribution in [2.45, 2.75) is 58.0 Å². The lowest BCUT2D eigenvalue weighted by molar-refractivity contribution is -0.161. The Balaban J connectivity index is 2.06. The summed E-state index contributed by atoms with van der Waals surface area (Å²) in [7, 11) is 0. The molecule has 20 heavy (non-hydrogen) atoms. The van der Waals surface area contributed by atoms with Crippen LogP contribution in [0, 0.1) is 22.2 Å². The maximum Gasteiger partial charge on any atom is 0.0945 e. The van der Waals surface area contributed by atoms with Gasteiger partial charge in [0.2, 0.25) is 0 Å². The molecule has 1 atom stereocenters. The smallest absolute Gasteiger partial charge is 0.0945 e. The average molecular weight is 269 g/mol. The van der Waals surface area contributed by atoms with Crippen LogP contribution in [0.5, 0.6) is 0 Å². The van der Waals surface area contributed by atoms with Crippen LogP contribution in [0.2, 0.25) is 0 Å². The molecule has 0 amide bonds. The number of nitriles is 1. The molecule has 1 N–H and O–H groups in total. The molecule has 3 rings (SSSR count). The molecule has 0 radical (unpaired) electrons. The standard InChI is InChI=1S/C18H23NO/c1-16(2)9-5-6-10-18(16,20)17(13-19)11-14-7-3-4-8-15(14)12-17/h3-4,7-8,20H,5-6,9-12H2,1-2H3. The van der Waals surface area contributed by atoms with Crippen LogP contribution >= 0.6 is 0 Å². The molecular weight excluding hydrogens is 246 g/mol. The van der Waals surface area contributed by atoms with Crippen molar-refractivity contribution in [3.05, 3.63) is 35.4 Å². The minimum Gasteiger partial charge on any atom is -0.388 e. The van der Waals surface area contributed by atoms with Gasteiger partial charge >= 0.3 is 0 Å². The fourth-order valence-corrected chi connectivity index (χ4v) is 4.46. The van der Waals surface area contributed by atoms with Crippen molar-refractivity contribution in [2.24, 2.45) is 10.8 Å². The van der Waals surface area contributed by atoms with Crippen LogP contribution in [0.3, 0.4) is 0 Å². The van der Waals surface area contributed by atoms with Crippen molar-refractivity contribution in [3.8, 4) is 6.07 Å². The molecule has 2 aliphatic carbocycles. The number of aliphatic hydroxyl groups is 1. The van der Waals surface area contributed by atoms with Crippen LogP contribution < -0.4 is 0 Å². The van der Waals surface area contributed by atoms with Crippen molar-refractivity contribution < 1.29 is 5.11 Å². The third-order valence-electron chi connectivity index (χ3n) is 5.82. The van der Waals surface area contributed by atoms with Crippen LogP contribution in [0.4, 0.5) is 0 Å². The lowest BCUT2D eigenvalue weighted by Crippen LogP contribution is -2.59. The van der Waals surface area contributed by atoms with Crippen molar-refractivity contribution in [3.63, 3.8) is 0 Å². The highest BCUT2D eigenvalue weighted by Crippen LogP contribution is 2.57. The Labute approximate surface area is 121 Å². The maximum absolute atomic E-state index is 11.5. The fourth-order valence-electron chi connectivity index (χ4n) is 4.46. The largest absolute Gasteiger partial charge is 0.388 e. The molecule has 106 valence electrons. The van der Waals surface area contributed by atoms with E-state index in [4.69, 9.17) is 0 Å². The van der Waals surface area contributed by atoms with Crippen molar-refractivity contribution in [1.29, 1.82) is 5.26 Å². The van der Waals surface area contributed by atoms with Crippen molar-refractivity contribution in [2.75, 3.05) is 0 Å². The topological polar surface area (TPSA) is 44.0 Å². The van der Waals surface area contributed by atoms with Crippen molar-refractivity contribution >= 4 is 0 Å². The SMILES string of the molecule is CC1(C)CCCCC1(O)C1(C#N)Cc2ccccc2C1. The molecular formula is C18H23NO. The van der Waals surface area contributed by atoms with Gasteiger partial charge in [-0.25, -0.2) is 0 Å². The Morgan fingerprint density at radius 1 is 1.05 bits per heavy atom. The molecule has 1 fully saturated rings. The van der Waals surface area contributed by atoms with Crippen LogP contribution in [-0.4, -0.2) is 10.7 Å². The van der Waals surface area contributed by atoms with E-state index < -0.39 is 11.0 Å². The Morgan fingerprint density at radius 2 is 1.60 bits per heavy atom. The first-order valence-electron chi connectivity index (χ1n) is 7.65. The number of benzene rings is 1. The van der Waals surface area contributed by atoms with Gasteiger partial charge in [-0.3, -0.25) is 0 Å². The van der Waals surface area contributed by atoms with Gasteiger partial charge in [-0.1, -0.05) is 51.0 Å². The van der Waals surface area contributed by atoms with E-state index in [9.17, 15) is 10.4 Å². The summed E-state index contributed by atoms with van der Waals surface area (Å²) in [5.41, 5.74) is 0.753. The molecule has 1 aromatic carbocycles. The van der Waals surface area contributed by atoms with E-state index in [1.165, 1.54) is 11.1 Å². The highest BCUT2D eigenvalue weighted by atomic mass is 16.3. The number of rotatable bonds is 1. The molecule has 0 aliphatic heterocycles. The lowest BCUT2D eigenvalue weighted by atomic mass is 9.53. The molecule has 2 heteroatoms. The molecule has 0 heterocycles. The van der Waals surface area contributed by atoms with Gasteiger partial charge in [0.05, 0.1) is 17.1 Å². The second-order valence-corrected chi connectivity index (χ2v) is 7.27. The zero-order valence-electron chi connectivity index (χ0n) is 12.4. The van der Waals surface area contributed by atoms with E-state index in [-0.39, 0.29) is 5.41 Å². The van der Waals surface area contributed by atoms with Gasteiger partial charge in [-0.05, 0) is 42.2 Å².